The Hall–Kier alpha value is -1.49. The average Bonchev–Trinajstić information content (AvgIpc) is 2.72. The first-order chi connectivity index (χ1) is 7.72. The van der Waals surface area contributed by atoms with Crippen molar-refractivity contribution < 1.29 is 9.53 Å². The number of ether oxygens (including phenoxy) is 1. The maximum absolute atomic E-state index is 11.3. The first kappa shape index (κ1) is 11.0. The molecule has 0 bridgehead atoms. The third-order valence-corrected chi connectivity index (χ3v) is 2.85. The quantitative estimate of drug-likeness (QED) is 0.886. The van der Waals surface area contributed by atoms with Crippen LogP contribution in [0.5, 0.6) is 0 Å². The number of halogens is 1. The lowest BCUT2D eigenvalue weighted by Crippen LogP contribution is -2.13. The van der Waals surface area contributed by atoms with Gasteiger partial charge in [-0.15, -0.1) is 0 Å². The van der Waals surface area contributed by atoms with E-state index in [0.717, 1.165) is 21.1 Å². The van der Waals surface area contributed by atoms with Crippen molar-refractivity contribution in [3.8, 4) is 0 Å². The van der Waals surface area contributed by atoms with Crippen LogP contribution in [0, 0.1) is 0 Å². The van der Waals surface area contributed by atoms with Gasteiger partial charge in [0.15, 0.2) is 0 Å². The number of H-pyrrole nitrogens is 1. The number of fused-ring (bicyclic) bond motifs is 1. The van der Waals surface area contributed by atoms with E-state index in [4.69, 9.17) is 4.74 Å². The second-order valence-electron chi connectivity index (χ2n) is 3.21. The van der Waals surface area contributed by atoms with Crippen LogP contribution < -0.4 is 5.32 Å². The number of carbonyl (C=O) groups is 1. The standard InChI is InChI=1S/C11H11BrN2O2/c1-2-16-11(15)14-9-4-3-8(12)10-7(9)5-6-13-10/h3-6,13H,2H2,1H3,(H,14,15). The predicted molar refractivity (Wildman–Crippen MR) is 66.6 cm³/mol. The topological polar surface area (TPSA) is 54.1 Å². The molecule has 0 fully saturated rings. The largest absolute Gasteiger partial charge is 0.450 e. The first-order valence-corrected chi connectivity index (χ1v) is 5.71. The molecule has 0 unspecified atom stereocenters. The predicted octanol–water partition coefficient (Wildman–Crippen LogP) is 3.50. The Bertz CT molecular complexity index is 522. The summed E-state index contributed by atoms with van der Waals surface area (Å²) in [5.41, 5.74) is 1.69. The molecule has 84 valence electrons. The van der Waals surface area contributed by atoms with E-state index in [2.05, 4.69) is 26.2 Å². The third kappa shape index (κ3) is 2.04. The normalized spacial score (nSPS) is 10.4. The summed E-state index contributed by atoms with van der Waals surface area (Å²) in [5.74, 6) is 0. The summed E-state index contributed by atoms with van der Waals surface area (Å²) in [6.45, 7) is 2.13. The molecule has 5 heteroatoms. The first-order valence-electron chi connectivity index (χ1n) is 4.91. The summed E-state index contributed by atoms with van der Waals surface area (Å²) in [6.07, 6.45) is 1.39. The van der Waals surface area contributed by atoms with Gasteiger partial charge in [-0.25, -0.2) is 4.79 Å². The van der Waals surface area contributed by atoms with Gasteiger partial charge in [-0.2, -0.15) is 0 Å². The minimum atomic E-state index is -0.438. The second kappa shape index (κ2) is 4.57. The van der Waals surface area contributed by atoms with Gasteiger partial charge in [-0.05, 0) is 41.1 Å². The number of rotatable bonds is 2. The molecule has 0 saturated carbocycles. The van der Waals surface area contributed by atoms with Gasteiger partial charge in [-0.3, -0.25) is 5.32 Å². The zero-order chi connectivity index (χ0) is 11.5. The molecule has 0 aliphatic rings. The van der Waals surface area contributed by atoms with Crippen molar-refractivity contribution >= 4 is 38.6 Å². The van der Waals surface area contributed by atoms with Crippen LogP contribution in [0.3, 0.4) is 0 Å². The van der Waals surface area contributed by atoms with E-state index < -0.39 is 6.09 Å². The summed E-state index contributed by atoms with van der Waals surface area (Å²) in [5, 5.41) is 3.64. The average molecular weight is 283 g/mol. The number of hydrogen-bond acceptors (Lipinski definition) is 2. The van der Waals surface area contributed by atoms with Gasteiger partial charge in [0.1, 0.15) is 0 Å². The molecule has 4 nitrogen and oxygen atoms in total. The molecular weight excluding hydrogens is 272 g/mol. The Morgan fingerprint density at radius 2 is 2.31 bits per heavy atom. The van der Waals surface area contributed by atoms with Crippen LogP contribution in [0.25, 0.3) is 10.9 Å². The fourth-order valence-electron chi connectivity index (χ4n) is 1.51. The van der Waals surface area contributed by atoms with Crippen LogP contribution in [0.1, 0.15) is 6.92 Å². The molecule has 0 saturated heterocycles. The fourth-order valence-corrected chi connectivity index (χ4v) is 1.97. The zero-order valence-corrected chi connectivity index (χ0v) is 10.3. The van der Waals surface area contributed by atoms with Crippen LogP contribution in [0.15, 0.2) is 28.9 Å². The lowest BCUT2D eigenvalue weighted by Gasteiger charge is -2.07. The number of aromatic nitrogens is 1. The van der Waals surface area contributed by atoms with Crippen molar-refractivity contribution in [2.24, 2.45) is 0 Å². The lowest BCUT2D eigenvalue weighted by atomic mass is 10.2. The number of carbonyl (C=O) groups excluding carboxylic acids is 1. The second-order valence-corrected chi connectivity index (χ2v) is 4.06. The molecule has 2 N–H and O–H groups in total. The van der Waals surface area contributed by atoms with Gasteiger partial charge in [0.25, 0.3) is 0 Å². The van der Waals surface area contributed by atoms with Gasteiger partial charge in [0.2, 0.25) is 0 Å². The van der Waals surface area contributed by atoms with Crippen molar-refractivity contribution in [1.29, 1.82) is 0 Å². The van der Waals surface area contributed by atoms with E-state index in [-0.39, 0.29) is 0 Å². The fraction of sp³-hybridized carbons (Fsp3) is 0.182. The van der Waals surface area contributed by atoms with Crippen LogP contribution in [0.4, 0.5) is 10.5 Å². The molecule has 2 rings (SSSR count). The molecule has 1 aromatic carbocycles. The highest BCUT2D eigenvalue weighted by molar-refractivity contribution is 9.10. The van der Waals surface area contributed by atoms with E-state index >= 15 is 0 Å². The van der Waals surface area contributed by atoms with Gasteiger partial charge in [0.05, 0.1) is 17.8 Å². The van der Waals surface area contributed by atoms with Crippen LogP contribution >= 0.6 is 15.9 Å². The molecule has 0 spiro atoms. The summed E-state index contributed by atoms with van der Waals surface area (Å²) in [4.78, 5) is 14.4. The van der Waals surface area contributed by atoms with Gasteiger partial charge >= 0.3 is 6.09 Å². The Balaban J connectivity index is 2.34. The van der Waals surface area contributed by atoms with E-state index in [1.165, 1.54) is 0 Å². The van der Waals surface area contributed by atoms with E-state index in [1.807, 2.05) is 24.4 Å². The summed E-state index contributed by atoms with van der Waals surface area (Å²) < 4.78 is 5.79. The molecule has 16 heavy (non-hydrogen) atoms. The SMILES string of the molecule is CCOC(=O)Nc1ccc(Br)c2[nH]ccc12. The molecule has 1 amide bonds. The maximum Gasteiger partial charge on any atom is 0.411 e. The number of anilines is 1. The summed E-state index contributed by atoms with van der Waals surface area (Å²) in [6, 6.07) is 5.61. The summed E-state index contributed by atoms with van der Waals surface area (Å²) >= 11 is 3.43. The third-order valence-electron chi connectivity index (χ3n) is 2.18. The van der Waals surface area contributed by atoms with E-state index in [1.54, 1.807) is 6.92 Å². The van der Waals surface area contributed by atoms with Crippen molar-refractivity contribution in [2.75, 3.05) is 11.9 Å². The van der Waals surface area contributed by atoms with Gasteiger partial charge in [0, 0.05) is 16.1 Å². The highest BCUT2D eigenvalue weighted by Gasteiger charge is 2.08. The van der Waals surface area contributed by atoms with Crippen molar-refractivity contribution in [3.05, 3.63) is 28.9 Å². The Kier molecular flexibility index (Phi) is 3.14. The van der Waals surface area contributed by atoms with E-state index in [9.17, 15) is 4.79 Å². The molecule has 1 heterocycles. The number of aromatic amines is 1. The van der Waals surface area contributed by atoms with Crippen molar-refractivity contribution in [1.82, 2.24) is 4.98 Å². The molecule has 0 aliphatic carbocycles. The summed E-state index contributed by atoms with van der Waals surface area (Å²) in [7, 11) is 0. The van der Waals surface area contributed by atoms with Gasteiger partial charge < -0.3 is 9.72 Å². The number of benzene rings is 1. The van der Waals surface area contributed by atoms with Crippen LogP contribution in [-0.4, -0.2) is 17.7 Å². The van der Waals surface area contributed by atoms with Gasteiger partial charge in [-0.1, -0.05) is 0 Å². The Labute approximate surface area is 101 Å². The minimum absolute atomic E-state index is 0.360. The maximum atomic E-state index is 11.3. The van der Waals surface area contributed by atoms with Crippen molar-refractivity contribution in [2.45, 2.75) is 6.92 Å². The minimum Gasteiger partial charge on any atom is -0.450 e. The highest BCUT2D eigenvalue weighted by Crippen LogP contribution is 2.29. The number of hydrogen-bond donors (Lipinski definition) is 2. The molecule has 0 aliphatic heterocycles. The number of amides is 1. The Morgan fingerprint density at radius 3 is 3.06 bits per heavy atom. The smallest absolute Gasteiger partial charge is 0.411 e. The van der Waals surface area contributed by atoms with E-state index in [0.29, 0.717) is 6.61 Å². The molecule has 0 radical (unpaired) electrons. The molecule has 2 aromatic rings. The molecule has 0 atom stereocenters. The number of nitrogens with one attached hydrogen (secondary N) is 2. The van der Waals surface area contributed by atoms with Crippen LogP contribution in [0.2, 0.25) is 0 Å². The zero-order valence-electron chi connectivity index (χ0n) is 8.71. The molecular formula is C11H11BrN2O2. The highest BCUT2D eigenvalue weighted by atomic mass is 79.9. The monoisotopic (exact) mass is 282 g/mol. The van der Waals surface area contributed by atoms with Crippen molar-refractivity contribution in [3.63, 3.8) is 0 Å². The lowest BCUT2D eigenvalue weighted by molar-refractivity contribution is 0.168. The molecule has 1 aromatic heterocycles. The van der Waals surface area contributed by atoms with Crippen LogP contribution in [-0.2, 0) is 4.74 Å². The Morgan fingerprint density at radius 1 is 1.50 bits per heavy atom.